The van der Waals surface area contributed by atoms with Crippen molar-refractivity contribution in [3.05, 3.63) is 22.3 Å². The summed E-state index contributed by atoms with van der Waals surface area (Å²) in [5, 5.41) is 9.27. The van der Waals surface area contributed by atoms with Gasteiger partial charge in [-0.3, -0.25) is 4.79 Å². The lowest BCUT2D eigenvalue weighted by atomic mass is 9.93. The van der Waals surface area contributed by atoms with Crippen molar-refractivity contribution in [2.75, 3.05) is 31.1 Å². The number of amides is 1. The zero-order valence-electron chi connectivity index (χ0n) is 13.7. The quantitative estimate of drug-likeness (QED) is 0.748. The van der Waals surface area contributed by atoms with Crippen LogP contribution in [0, 0.1) is 17.2 Å². The predicted octanol–water partition coefficient (Wildman–Crippen LogP) is 3.19. The van der Waals surface area contributed by atoms with E-state index in [4.69, 9.17) is 0 Å². The van der Waals surface area contributed by atoms with Crippen molar-refractivity contribution in [3.8, 4) is 6.07 Å². The lowest BCUT2D eigenvalue weighted by molar-refractivity contribution is -0.142. The topological polar surface area (TPSA) is 60.2 Å². The summed E-state index contributed by atoms with van der Waals surface area (Å²) in [4.78, 5) is 20.5. The molecule has 134 valence electrons. The van der Waals surface area contributed by atoms with E-state index in [1.54, 1.807) is 17.2 Å². The number of piperidine rings is 2. The molecule has 2 aliphatic rings. The number of rotatable bonds is 2. The predicted molar refractivity (Wildman–Crippen MR) is 92.4 cm³/mol. The van der Waals surface area contributed by atoms with Crippen LogP contribution in [0.4, 0.5) is 14.6 Å². The molecule has 5 nitrogen and oxygen atoms in total. The minimum atomic E-state index is -2.64. The molecule has 1 aromatic heterocycles. The summed E-state index contributed by atoms with van der Waals surface area (Å²) >= 11 is 3.31. The highest BCUT2D eigenvalue weighted by Crippen LogP contribution is 2.31. The third kappa shape index (κ3) is 4.09. The third-order valence-electron chi connectivity index (χ3n) is 4.90. The summed E-state index contributed by atoms with van der Waals surface area (Å²) in [5.74, 6) is -2.15. The molecule has 0 saturated carbocycles. The molecule has 2 aliphatic heterocycles. The first-order valence-corrected chi connectivity index (χ1v) is 9.16. The smallest absolute Gasteiger partial charge is 0.251 e. The van der Waals surface area contributed by atoms with Crippen LogP contribution in [-0.2, 0) is 4.79 Å². The van der Waals surface area contributed by atoms with Crippen molar-refractivity contribution in [1.29, 1.82) is 5.26 Å². The van der Waals surface area contributed by atoms with Crippen LogP contribution < -0.4 is 4.90 Å². The number of halogens is 3. The number of hydrogen-bond acceptors (Lipinski definition) is 4. The first-order valence-electron chi connectivity index (χ1n) is 8.37. The molecule has 0 radical (unpaired) electrons. The van der Waals surface area contributed by atoms with Crippen molar-refractivity contribution in [2.24, 2.45) is 5.92 Å². The van der Waals surface area contributed by atoms with E-state index in [-0.39, 0.29) is 37.8 Å². The van der Waals surface area contributed by atoms with Gasteiger partial charge in [0.15, 0.2) is 0 Å². The average molecular weight is 413 g/mol. The van der Waals surface area contributed by atoms with Gasteiger partial charge in [-0.2, -0.15) is 5.26 Å². The molecule has 0 aromatic carbocycles. The second-order valence-electron chi connectivity index (χ2n) is 6.58. The fourth-order valence-corrected chi connectivity index (χ4v) is 3.75. The zero-order chi connectivity index (χ0) is 18.0. The van der Waals surface area contributed by atoms with E-state index >= 15 is 0 Å². The van der Waals surface area contributed by atoms with Crippen molar-refractivity contribution < 1.29 is 13.6 Å². The molecule has 3 heterocycles. The molecule has 1 amide bonds. The van der Waals surface area contributed by atoms with Crippen LogP contribution in [-0.4, -0.2) is 47.9 Å². The highest BCUT2D eigenvalue weighted by Gasteiger charge is 2.38. The standard InChI is InChI=1S/C17H19BrF2N4O/c18-14-9-13(10-21)15(22-11-14)23-5-1-12(2-6-23)16(25)24-7-3-17(19,20)4-8-24/h9,11-12H,1-8H2. The number of nitrogens with zero attached hydrogens (tertiary/aromatic N) is 4. The molecule has 0 unspecified atom stereocenters. The summed E-state index contributed by atoms with van der Waals surface area (Å²) < 4.78 is 27.2. The minimum Gasteiger partial charge on any atom is -0.355 e. The molecule has 0 bridgehead atoms. The van der Waals surface area contributed by atoms with Gasteiger partial charge in [-0.05, 0) is 34.8 Å². The Bertz CT molecular complexity index is 688. The van der Waals surface area contributed by atoms with Crippen LogP contribution in [0.5, 0.6) is 0 Å². The first-order chi connectivity index (χ1) is 11.9. The van der Waals surface area contributed by atoms with Gasteiger partial charge in [-0.1, -0.05) is 0 Å². The molecule has 3 rings (SSSR count). The van der Waals surface area contributed by atoms with Crippen molar-refractivity contribution >= 4 is 27.7 Å². The van der Waals surface area contributed by atoms with Gasteiger partial charge in [0.1, 0.15) is 11.9 Å². The van der Waals surface area contributed by atoms with Gasteiger partial charge in [-0.15, -0.1) is 0 Å². The zero-order valence-corrected chi connectivity index (χ0v) is 15.3. The molecular weight excluding hydrogens is 394 g/mol. The van der Waals surface area contributed by atoms with Gasteiger partial charge in [0.25, 0.3) is 5.92 Å². The monoisotopic (exact) mass is 412 g/mol. The lowest BCUT2D eigenvalue weighted by Crippen LogP contribution is -2.47. The Morgan fingerprint density at radius 2 is 1.92 bits per heavy atom. The fourth-order valence-electron chi connectivity index (χ4n) is 3.42. The molecule has 0 atom stereocenters. The van der Waals surface area contributed by atoms with Crippen LogP contribution >= 0.6 is 15.9 Å². The maximum Gasteiger partial charge on any atom is 0.251 e. The second-order valence-corrected chi connectivity index (χ2v) is 7.49. The number of carbonyl (C=O) groups excluding carboxylic acids is 1. The van der Waals surface area contributed by atoms with E-state index < -0.39 is 5.92 Å². The largest absolute Gasteiger partial charge is 0.355 e. The Kier molecular flexibility index (Phi) is 5.23. The number of nitriles is 1. The fraction of sp³-hybridized carbons (Fsp3) is 0.588. The number of carbonyl (C=O) groups is 1. The number of alkyl halides is 2. The van der Waals surface area contributed by atoms with E-state index in [1.165, 1.54) is 0 Å². The van der Waals surface area contributed by atoms with Crippen molar-refractivity contribution in [3.63, 3.8) is 0 Å². The Labute approximate surface area is 153 Å². The molecule has 0 aliphatic carbocycles. The summed E-state index contributed by atoms with van der Waals surface area (Å²) in [5.41, 5.74) is 0.498. The number of likely N-dealkylation sites (tertiary alicyclic amines) is 1. The minimum absolute atomic E-state index is 0.0144. The van der Waals surface area contributed by atoms with Gasteiger partial charge in [0.05, 0.1) is 5.56 Å². The van der Waals surface area contributed by atoms with Crippen LogP contribution in [0.15, 0.2) is 16.7 Å². The maximum atomic E-state index is 13.2. The van der Waals surface area contributed by atoms with Crippen LogP contribution in [0.3, 0.4) is 0 Å². The van der Waals surface area contributed by atoms with Gasteiger partial charge in [-0.25, -0.2) is 13.8 Å². The Morgan fingerprint density at radius 1 is 1.28 bits per heavy atom. The molecule has 2 saturated heterocycles. The van der Waals surface area contributed by atoms with E-state index in [9.17, 15) is 18.8 Å². The second kappa shape index (κ2) is 7.24. The van der Waals surface area contributed by atoms with Crippen LogP contribution in [0.2, 0.25) is 0 Å². The normalized spacial score (nSPS) is 21.0. The van der Waals surface area contributed by atoms with Gasteiger partial charge >= 0.3 is 0 Å². The molecule has 8 heteroatoms. The van der Waals surface area contributed by atoms with Gasteiger partial charge in [0, 0.05) is 55.6 Å². The molecular formula is C17H19BrF2N4O. The Hall–Kier alpha value is -1.75. The van der Waals surface area contributed by atoms with E-state index in [2.05, 4.69) is 27.0 Å². The van der Waals surface area contributed by atoms with Crippen LogP contribution in [0.25, 0.3) is 0 Å². The number of hydrogen-bond donors (Lipinski definition) is 0. The van der Waals surface area contributed by atoms with E-state index in [0.717, 1.165) is 4.47 Å². The number of anilines is 1. The van der Waals surface area contributed by atoms with Crippen LogP contribution in [0.1, 0.15) is 31.2 Å². The summed E-state index contributed by atoms with van der Waals surface area (Å²) in [6.07, 6.45) is 2.46. The summed E-state index contributed by atoms with van der Waals surface area (Å²) in [6.45, 7) is 1.53. The molecule has 0 N–H and O–H groups in total. The van der Waals surface area contributed by atoms with E-state index in [0.29, 0.717) is 37.3 Å². The first kappa shape index (κ1) is 18.1. The molecule has 25 heavy (non-hydrogen) atoms. The molecule has 0 spiro atoms. The number of aromatic nitrogens is 1. The van der Waals surface area contributed by atoms with Gasteiger partial charge in [0.2, 0.25) is 5.91 Å². The highest BCUT2D eigenvalue weighted by molar-refractivity contribution is 9.10. The van der Waals surface area contributed by atoms with Crippen molar-refractivity contribution in [1.82, 2.24) is 9.88 Å². The van der Waals surface area contributed by atoms with E-state index in [1.807, 2.05) is 4.90 Å². The number of pyridine rings is 1. The Morgan fingerprint density at radius 3 is 2.52 bits per heavy atom. The lowest BCUT2D eigenvalue weighted by Gasteiger charge is -2.37. The Balaban J connectivity index is 1.59. The third-order valence-corrected chi connectivity index (χ3v) is 5.34. The molecule has 1 aromatic rings. The molecule has 2 fully saturated rings. The highest BCUT2D eigenvalue weighted by atomic mass is 79.9. The van der Waals surface area contributed by atoms with Gasteiger partial charge < -0.3 is 9.80 Å². The maximum absolute atomic E-state index is 13.2. The summed E-state index contributed by atoms with van der Waals surface area (Å²) in [6, 6.07) is 3.88. The van der Waals surface area contributed by atoms with Crippen molar-refractivity contribution in [2.45, 2.75) is 31.6 Å². The SMILES string of the molecule is N#Cc1cc(Br)cnc1N1CCC(C(=O)N2CCC(F)(F)CC2)CC1. The average Bonchev–Trinajstić information content (AvgIpc) is 2.61. The summed E-state index contributed by atoms with van der Waals surface area (Å²) in [7, 11) is 0.